The number of likely N-dealkylation sites (tertiary alicyclic amines) is 1. The Kier molecular flexibility index (Phi) is 3.83. The minimum atomic E-state index is 0.00954. The summed E-state index contributed by atoms with van der Waals surface area (Å²) in [7, 11) is 0. The zero-order valence-corrected chi connectivity index (χ0v) is 7.66. The lowest BCUT2D eigenvalue weighted by molar-refractivity contribution is 0.219. The standard InChI is InChI=1S/C10H16N2/c1-2-6-10(9-11)12-7-4-3-5-8-12/h2,6,10H,3-5,7-8H2,1H3/b6-2+. The van der Waals surface area contributed by atoms with Gasteiger partial charge in [0.25, 0.3) is 0 Å². The highest BCUT2D eigenvalue weighted by Crippen LogP contribution is 2.12. The predicted octanol–water partition coefficient (Wildman–Crippen LogP) is 1.94. The zero-order valence-electron chi connectivity index (χ0n) is 7.66. The van der Waals surface area contributed by atoms with Crippen LogP contribution in [0, 0.1) is 11.3 Å². The van der Waals surface area contributed by atoms with Gasteiger partial charge in [0.1, 0.15) is 6.04 Å². The average molecular weight is 164 g/mol. The molecule has 0 aliphatic carbocycles. The van der Waals surface area contributed by atoms with E-state index in [0.717, 1.165) is 13.1 Å². The molecule has 0 N–H and O–H groups in total. The van der Waals surface area contributed by atoms with E-state index < -0.39 is 0 Å². The van der Waals surface area contributed by atoms with Gasteiger partial charge in [-0.25, -0.2) is 0 Å². The lowest BCUT2D eigenvalue weighted by Gasteiger charge is -2.28. The van der Waals surface area contributed by atoms with E-state index in [1.165, 1.54) is 19.3 Å². The van der Waals surface area contributed by atoms with Crippen LogP contribution >= 0.6 is 0 Å². The summed E-state index contributed by atoms with van der Waals surface area (Å²) in [5, 5.41) is 8.87. The topological polar surface area (TPSA) is 27.0 Å². The van der Waals surface area contributed by atoms with Crippen LogP contribution in [0.15, 0.2) is 12.2 Å². The van der Waals surface area contributed by atoms with Crippen molar-refractivity contribution in [1.82, 2.24) is 4.90 Å². The Morgan fingerprint density at radius 3 is 2.50 bits per heavy atom. The van der Waals surface area contributed by atoms with Crippen LogP contribution in [0.25, 0.3) is 0 Å². The number of hydrogen-bond donors (Lipinski definition) is 0. The first-order chi connectivity index (χ1) is 5.88. The SMILES string of the molecule is C/C=C/C(C#N)N1CCCCC1. The predicted molar refractivity (Wildman–Crippen MR) is 49.6 cm³/mol. The summed E-state index contributed by atoms with van der Waals surface area (Å²) in [6, 6.07) is 2.32. The lowest BCUT2D eigenvalue weighted by atomic mass is 10.1. The molecular weight excluding hydrogens is 148 g/mol. The number of nitrogens with zero attached hydrogens (tertiary/aromatic N) is 2. The van der Waals surface area contributed by atoms with Crippen LogP contribution in [0.4, 0.5) is 0 Å². The van der Waals surface area contributed by atoms with Crippen LogP contribution in [0.2, 0.25) is 0 Å². The molecule has 2 nitrogen and oxygen atoms in total. The number of allylic oxidation sites excluding steroid dienone is 1. The highest BCUT2D eigenvalue weighted by molar-refractivity contribution is 5.06. The number of hydrogen-bond acceptors (Lipinski definition) is 2. The fraction of sp³-hybridized carbons (Fsp3) is 0.700. The van der Waals surface area contributed by atoms with E-state index in [4.69, 9.17) is 5.26 Å². The van der Waals surface area contributed by atoms with Crippen LogP contribution in [0.3, 0.4) is 0 Å². The molecule has 1 saturated heterocycles. The van der Waals surface area contributed by atoms with Crippen molar-refractivity contribution in [2.45, 2.75) is 32.2 Å². The molecule has 0 bridgehead atoms. The maximum Gasteiger partial charge on any atom is 0.116 e. The minimum Gasteiger partial charge on any atom is -0.285 e. The first-order valence-electron chi connectivity index (χ1n) is 4.65. The minimum absolute atomic E-state index is 0.00954. The Hall–Kier alpha value is -0.810. The van der Waals surface area contributed by atoms with Crippen molar-refractivity contribution in [1.29, 1.82) is 5.26 Å². The van der Waals surface area contributed by atoms with E-state index >= 15 is 0 Å². The van der Waals surface area contributed by atoms with Gasteiger partial charge in [-0.1, -0.05) is 18.6 Å². The van der Waals surface area contributed by atoms with Gasteiger partial charge in [-0.15, -0.1) is 0 Å². The van der Waals surface area contributed by atoms with Gasteiger partial charge in [0.05, 0.1) is 6.07 Å². The van der Waals surface area contributed by atoms with Crippen LogP contribution < -0.4 is 0 Å². The van der Waals surface area contributed by atoms with Gasteiger partial charge in [-0.05, 0) is 32.9 Å². The maximum atomic E-state index is 8.87. The molecule has 1 aliphatic heterocycles. The molecule has 1 fully saturated rings. The van der Waals surface area contributed by atoms with Gasteiger partial charge >= 0.3 is 0 Å². The Labute approximate surface area is 74.5 Å². The summed E-state index contributed by atoms with van der Waals surface area (Å²) < 4.78 is 0. The van der Waals surface area contributed by atoms with Crippen LogP contribution in [0.5, 0.6) is 0 Å². The largest absolute Gasteiger partial charge is 0.285 e. The molecule has 1 unspecified atom stereocenters. The van der Waals surface area contributed by atoms with Crippen molar-refractivity contribution in [2.24, 2.45) is 0 Å². The Morgan fingerprint density at radius 1 is 1.33 bits per heavy atom. The highest BCUT2D eigenvalue weighted by Gasteiger charge is 2.16. The maximum absolute atomic E-state index is 8.87. The molecule has 1 aliphatic rings. The number of nitriles is 1. The van der Waals surface area contributed by atoms with E-state index in [9.17, 15) is 0 Å². The van der Waals surface area contributed by atoms with Gasteiger partial charge in [0.15, 0.2) is 0 Å². The molecule has 0 amide bonds. The van der Waals surface area contributed by atoms with Gasteiger partial charge in [-0.3, -0.25) is 4.90 Å². The normalized spacial score (nSPS) is 22.3. The third-order valence-corrected chi connectivity index (χ3v) is 2.29. The first kappa shape index (κ1) is 9.28. The van der Waals surface area contributed by atoms with Crippen LogP contribution in [-0.2, 0) is 0 Å². The quantitative estimate of drug-likeness (QED) is 0.583. The number of rotatable bonds is 2. The molecule has 1 rings (SSSR count). The Bertz CT molecular complexity index is 185. The van der Waals surface area contributed by atoms with Gasteiger partial charge < -0.3 is 0 Å². The molecule has 1 atom stereocenters. The fourth-order valence-electron chi connectivity index (χ4n) is 1.63. The second-order valence-corrected chi connectivity index (χ2v) is 3.20. The number of piperidine rings is 1. The van der Waals surface area contributed by atoms with Gasteiger partial charge in [0.2, 0.25) is 0 Å². The van der Waals surface area contributed by atoms with Gasteiger partial charge in [0, 0.05) is 0 Å². The van der Waals surface area contributed by atoms with Crippen LogP contribution in [0.1, 0.15) is 26.2 Å². The molecular formula is C10H16N2. The molecule has 0 radical (unpaired) electrons. The Balaban J connectivity index is 2.47. The van der Waals surface area contributed by atoms with E-state index in [1.54, 1.807) is 0 Å². The van der Waals surface area contributed by atoms with Crippen molar-refractivity contribution in [2.75, 3.05) is 13.1 Å². The van der Waals surface area contributed by atoms with Crippen molar-refractivity contribution >= 4 is 0 Å². The van der Waals surface area contributed by atoms with Crippen molar-refractivity contribution < 1.29 is 0 Å². The van der Waals surface area contributed by atoms with Crippen molar-refractivity contribution in [3.8, 4) is 6.07 Å². The second-order valence-electron chi connectivity index (χ2n) is 3.20. The highest BCUT2D eigenvalue weighted by atomic mass is 15.1. The third kappa shape index (κ3) is 2.35. The summed E-state index contributed by atoms with van der Waals surface area (Å²) in [6.45, 7) is 4.14. The molecule has 12 heavy (non-hydrogen) atoms. The third-order valence-electron chi connectivity index (χ3n) is 2.29. The van der Waals surface area contributed by atoms with E-state index in [-0.39, 0.29) is 6.04 Å². The molecule has 2 heteroatoms. The first-order valence-corrected chi connectivity index (χ1v) is 4.65. The zero-order chi connectivity index (χ0) is 8.81. The van der Waals surface area contributed by atoms with E-state index in [1.807, 2.05) is 19.1 Å². The summed E-state index contributed by atoms with van der Waals surface area (Å²) in [5.74, 6) is 0. The van der Waals surface area contributed by atoms with Gasteiger partial charge in [-0.2, -0.15) is 5.26 Å². The molecule has 66 valence electrons. The molecule has 0 spiro atoms. The summed E-state index contributed by atoms with van der Waals surface area (Å²) in [5.41, 5.74) is 0. The smallest absolute Gasteiger partial charge is 0.116 e. The molecule has 0 aromatic heterocycles. The molecule has 0 aromatic carbocycles. The second kappa shape index (κ2) is 4.95. The summed E-state index contributed by atoms with van der Waals surface area (Å²) in [4.78, 5) is 2.25. The molecule has 0 aromatic rings. The fourth-order valence-corrected chi connectivity index (χ4v) is 1.63. The molecule has 0 saturated carbocycles. The van der Waals surface area contributed by atoms with E-state index in [2.05, 4.69) is 11.0 Å². The van der Waals surface area contributed by atoms with E-state index in [0.29, 0.717) is 0 Å². The summed E-state index contributed by atoms with van der Waals surface area (Å²) in [6.07, 6.45) is 7.75. The Morgan fingerprint density at radius 2 is 2.00 bits per heavy atom. The lowest BCUT2D eigenvalue weighted by Crippen LogP contribution is -2.37. The molecule has 1 heterocycles. The van der Waals surface area contributed by atoms with Crippen molar-refractivity contribution in [3.05, 3.63) is 12.2 Å². The summed E-state index contributed by atoms with van der Waals surface area (Å²) >= 11 is 0. The van der Waals surface area contributed by atoms with Crippen molar-refractivity contribution in [3.63, 3.8) is 0 Å². The monoisotopic (exact) mass is 164 g/mol. The van der Waals surface area contributed by atoms with Crippen LogP contribution in [-0.4, -0.2) is 24.0 Å². The average Bonchev–Trinajstić information content (AvgIpc) is 2.15.